The molecule has 3 heteroatoms. The van der Waals surface area contributed by atoms with Gasteiger partial charge in [-0.05, 0) is 39.0 Å². The Balaban J connectivity index is 2.13. The lowest BCUT2D eigenvalue weighted by Gasteiger charge is -2.06. The van der Waals surface area contributed by atoms with Gasteiger partial charge >= 0.3 is 0 Å². The van der Waals surface area contributed by atoms with Crippen molar-refractivity contribution >= 4 is 11.3 Å². The molecule has 0 aliphatic heterocycles. The SMILES string of the molecule is CCC1CCC(c2nc(C)c(C(C)N)s2)C1. The molecule has 90 valence electrons. The predicted molar refractivity (Wildman–Crippen MR) is 69.8 cm³/mol. The van der Waals surface area contributed by atoms with Crippen LogP contribution in [0.4, 0.5) is 0 Å². The zero-order chi connectivity index (χ0) is 11.7. The summed E-state index contributed by atoms with van der Waals surface area (Å²) in [5.41, 5.74) is 7.10. The second-order valence-corrected chi connectivity index (χ2v) is 6.14. The van der Waals surface area contributed by atoms with Crippen molar-refractivity contribution in [3.63, 3.8) is 0 Å². The predicted octanol–water partition coefficient (Wildman–Crippen LogP) is 3.76. The number of hydrogen-bond donors (Lipinski definition) is 1. The molecule has 0 saturated heterocycles. The summed E-state index contributed by atoms with van der Waals surface area (Å²) < 4.78 is 0. The highest BCUT2D eigenvalue weighted by atomic mass is 32.1. The van der Waals surface area contributed by atoms with E-state index in [2.05, 4.69) is 13.8 Å². The Bertz CT molecular complexity index is 357. The van der Waals surface area contributed by atoms with Gasteiger partial charge in [-0.1, -0.05) is 13.3 Å². The molecule has 0 amide bonds. The third kappa shape index (κ3) is 2.30. The van der Waals surface area contributed by atoms with Crippen LogP contribution in [-0.2, 0) is 0 Å². The van der Waals surface area contributed by atoms with Crippen LogP contribution in [0.15, 0.2) is 0 Å². The van der Waals surface area contributed by atoms with Gasteiger partial charge in [0.15, 0.2) is 0 Å². The van der Waals surface area contributed by atoms with Gasteiger partial charge in [-0.15, -0.1) is 11.3 Å². The quantitative estimate of drug-likeness (QED) is 0.870. The van der Waals surface area contributed by atoms with E-state index in [-0.39, 0.29) is 6.04 Å². The summed E-state index contributed by atoms with van der Waals surface area (Å²) in [5.74, 6) is 1.63. The van der Waals surface area contributed by atoms with Gasteiger partial charge in [-0.2, -0.15) is 0 Å². The molecule has 1 fully saturated rings. The number of nitrogens with zero attached hydrogens (tertiary/aromatic N) is 1. The Labute approximate surface area is 102 Å². The first-order valence-electron chi connectivity index (χ1n) is 6.34. The Hall–Kier alpha value is -0.410. The van der Waals surface area contributed by atoms with Crippen LogP contribution >= 0.6 is 11.3 Å². The van der Waals surface area contributed by atoms with Crippen LogP contribution in [0.3, 0.4) is 0 Å². The smallest absolute Gasteiger partial charge is 0.0962 e. The van der Waals surface area contributed by atoms with Crippen molar-refractivity contribution in [2.45, 2.75) is 58.4 Å². The Morgan fingerprint density at radius 3 is 2.75 bits per heavy atom. The third-order valence-electron chi connectivity index (χ3n) is 3.73. The van der Waals surface area contributed by atoms with E-state index >= 15 is 0 Å². The zero-order valence-corrected chi connectivity index (χ0v) is 11.3. The molecule has 1 heterocycles. The molecule has 1 aromatic heterocycles. The number of aryl methyl sites for hydroxylation is 1. The minimum atomic E-state index is 0.134. The van der Waals surface area contributed by atoms with Gasteiger partial charge in [0.1, 0.15) is 0 Å². The minimum Gasteiger partial charge on any atom is -0.323 e. The molecule has 1 aliphatic carbocycles. The average molecular weight is 238 g/mol. The van der Waals surface area contributed by atoms with Crippen molar-refractivity contribution in [1.29, 1.82) is 0 Å². The lowest BCUT2D eigenvalue weighted by atomic mass is 10.0. The Kier molecular flexibility index (Phi) is 3.65. The van der Waals surface area contributed by atoms with Gasteiger partial charge in [0.25, 0.3) is 0 Å². The molecule has 16 heavy (non-hydrogen) atoms. The molecule has 1 aliphatic rings. The van der Waals surface area contributed by atoms with E-state index in [1.165, 1.54) is 35.6 Å². The molecule has 2 rings (SSSR count). The van der Waals surface area contributed by atoms with Crippen LogP contribution in [0.5, 0.6) is 0 Å². The first kappa shape index (κ1) is 12.1. The number of hydrogen-bond acceptors (Lipinski definition) is 3. The van der Waals surface area contributed by atoms with Crippen molar-refractivity contribution in [3.8, 4) is 0 Å². The second kappa shape index (κ2) is 4.84. The molecular weight excluding hydrogens is 216 g/mol. The molecule has 2 nitrogen and oxygen atoms in total. The monoisotopic (exact) mass is 238 g/mol. The summed E-state index contributed by atoms with van der Waals surface area (Å²) in [7, 11) is 0. The number of thiazole rings is 1. The topological polar surface area (TPSA) is 38.9 Å². The third-order valence-corrected chi connectivity index (χ3v) is 5.25. The maximum atomic E-state index is 5.95. The van der Waals surface area contributed by atoms with E-state index in [0.29, 0.717) is 5.92 Å². The van der Waals surface area contributed by atoms with Crippen LogP contribution in [0, 0.1) is 12.8 Å². The summed E-state index contributed by atoms with van der Waals surface area (Å²) in [6.45, 7) is 6.44. The molecule has 1 saturated carbocycles. The molecule has 0 aromatic carbocycles. The normalized spacial score (nSPS) is 27.2. The highest BCUT2D eigenvalue weighted by Gasteiger charge is 2.27. The van der Waals surface area contributed by atoms with E-state index < -0.39 is 0 Å². The molecule has 3 atom stereocenters. The van der Waals surface area contributed by atoms with E-state index in [9.17, 15) is 0 Å². The van der Waals surface area contributed by atoms with Gasteiger partial charge < -0.3 is 5.73 Å². The zero-order valence-electron chi connectivity index (χ0n) is 10.5. The van der Waals surface area contributed by atoms with Crippen LogP contribution in [0.2, 0.25) is 0 Å². The van der Waals surface area contributed by atoms with Gasteiger partial charge in [0, 0.05) is 16.8 Å². The molecule has 1 aromatic rings. The lowest BCUT2D eigenvalue weighted by molar-refractivity contribution is 0.521. The minimum absolute atomic E-state index is 0.134. The lowest BCUT2D eigenvalue weighted by Crippen LogP contribution is -2.03. The van der Waals surface area contributed by atoms with Crippen molar-refractivity contribution in [2.24, 2.45) is 11.7 Å². The van der Waals surface area contributed by atoms with Crippen molar-refractivity contribution in [2.75, 3.05) is 0 Å². The Morgan fingerprint density at radius 1 is 1.50 bits per heavy atom. The largest absolute Gasteiger partial charge is 0.323 e. The number of aromatic nitrogens is 1. The highest BCUT2D eigenvalue weighted by molar-refractivity contribution is 7.11. The van der Waals surface area contributed by atoms with Gasteiger partial charge in [-0.25, -0.2) is 4.98 Å². The van der Waals surface area contributed by atoms with E-state index in [4.69, 9.17) is 10.7 Å². The first-order chi connectivity index (χ1) is 7.61. The average Bonchev–Trinajstić information content (AvgIpc) is 2.83. The maximum absolute atomic E-state index is 5.95. The number of nitrogens with two attached hydrogens (primary N) is 1. The molecule has 0 bridgehead atoms. The van der Waals surface area contributed by atoms with Crippen molar-refractivity contribution in [1.82, 2.24) is 4.98 Å². The molecule has 2 N–H and O–H groups in total. The van der Waals surface area contributed by atoms with E-state index in [1.54, 1.807) is 0 Å². The van der Waals surface area contributed by atoms with Gasteiger partial charge in [-0.3, -0.25) is 0 Å². The molecular formula is C13H22N2S. The second-order valence-electron chi connectivity index (χ2n) is 5.07. The Morgan fingerprint density at radius 2 is 2.25 bits per heavy atom. The highest BCUT2D eigenvalue weighted by Crippen LogP contribution is 2.42. The number of rotatable bonds is 3. The van der Waals surface area contributed by atoms with Crippen LogP contribution in [0.25, 0.3) is 0 Å². The van der Waals surface area contributed by atoms with Crippen LogP contribution < -0.4 is 5.73 Å². The molecule has 0 spiro atoms. The standard InChI is InChI=1S/C13H22N2S/c1-4-10-5-6-11(7-10)13-15-9(3)12(16-13)8(2)14/h8,10-11H,4-7,14H2,1-3H3. The summed E-state index contributed by atoms with van der Waals surface area (Å²) in [6, 6.07) is 0.134. The fourth-order valence-electron chi connectivity index (χ4n) is 2.70. The maximum Gasteiger partial charge on any atom is 0.0962 e. The van der Waals surface area contributed by atoms with Crippen molar-refractivity contribution in [3.05, 3.63) is 15.6 Å². The first-order valence-corrected chi connectivity index (χ1v) is 7.16. The van der Waals surface area contributed by atoms with Crippen LogP contribution in [-0.4, -0.2) is 4.98 Å². The van der Waals surface area contributed by atoms with Gasteiger partial charge in [0.2, 0.25) is 0 Å². The molecule has 0 radical (unpaired) electrons. The van der Waals surface area contributed by atoms with Gasteiger partial charge in [0.05, 0.1) is 10.7 Å². The fourth-order valence-corrected chi connectivity index (χ4v) is 3.86. The fraction of sp³-hybridized carbons (Fsp3) is 0.769. The van der Waals surface area contributed by atoms with Crippen LogP contribution in [0.1, 0.15) is 67.1 Å². The summed E-state index contributed by atoms with van der Waals surface area (Å²) in [6.07, 6.45) is 5.36. The van der Waals surface area contributed by atoms with E-state index in [1.807, 2.05) is 18.3 Å². The van der Waals surface area contributed by atoms with E-state index in [0.717, 1.165) is 11.6 Å². The summed E-state index contributed by atoms with van der Waals surface area (Å²) in [4.78, 5) is 5.99. The van der Waals surface area contributed by atoms with Crippen molar-refractivity contribution < 1.29 is 0 Å². The molecule has 3 unspecified atom stereocenters. The summed E-state index contributed by atoms with van der Waals surface area (Å²) >= 11 is 1.84. The summed E-state index contributed by atoms with van der Waals surface area (Å²) in [5, 5.41) is 1.33.